The molecule has 98 heavy (non-hydrogen) atoms. The van der Waals surface area contributed by atoms with E-state index in [2.05, 4.69) is 79.9 Å². The monoisotopic (exact) mass is 1390 g/mol. The van der Waals surface area contributed by atoms with Gasteiger partial charge in [0, 0.05) is 6.42 Å². The number of hydrogen-bond acceptors (Lipinski definition) is 18. The van der Waals surface area contributed by atoms with Gasteiger partial charge in [0.05, 0.1) is 38.6 Å². The lowest BCUT2D eigenvalue weighted by molar-refractivity contribution is -0.379. The number of unbranched alkanes of at least 4 members (excludes halogenated alkanes) is 35. The van der Waals surface area contributed by atoms with Crippen LogP contribution in [0, 0.1) is 0 Å². The van der Waals surface area contributed by atoms with Crippen molar-refractivity contribution in [3.63, 3.8) is 0 Å². The van der Waals surface area contributed by atoms with Gasteiger partial charge in [-0.1, -0.05) is 292 Å². The van der Waals surface area contributed by atoms with E-state index < -0.39 is 124 Å². The fourth-order valence-electron chi connectivity index (χ4n) is 13.0. The van der Waals surface area contributed by atoms with Crippen molar-refractivity contribution >= 4 is 5.91 Å². The Balaban J connectivity index is 1.39. The molecule has 0 aliphatic carbocycles. The maximum absolute atomic E-state index is 13.5. The minimum Gasteiger partial charge on any atom is -0.394 e. The third-order valence-corrected chi connectivity index (χ3v) is 19.3. The number of ether oxygens (including phenoxy) is 6. The number of allylic oxidation sites excluding steroid dienone is 11. The van der Waals surface area contributed by atoms with Crippen LogP contribution in [0.25, 0.3) is 0 Å². The summed E-state index contributed by atoms with van der Waals surface area (Å²) in [5.74, 6) is -0.276. The number of carbonyl (C=O) groups excluding carboxylic acids is 1. The third-order valence-electron chi connectivity index (χ3n) is 19.3. The highest BCUT2D eigenvalue weighted by Crippen LogP contribution is 2.33. The van der Waals surface area contributed by atoms with E-state index in [9.17, 15) is 61.0 Å². The maximum atomic E-state index is 13.5. The van der Waals surface area contributed by atoms with Crippen LogP contribution in [0.5, 0.6) is 0 Å². The molecule has 0 aromatic heterocycles. The summed E-state index contributed by atoms with van der Waals surface area (Å²) in [6.45, 7) is 1.65. The fourth-order valence-corrected chi connectivity index (χ4v) is 13.0. The summed E-state index contributed by atoms with van der Waals surface area (Å²) in [6, 6.07) is -0.979. The largest absolute Gasteiger partial charge is 0.394 e. The Morgan fingerprint density at radius 3 is 1.10 bits per heavy atom. The quantitative estimate of drug-likeness (QED) is 0.0199. The summed E-state index contributed by atoms with van der Waals surface area (Å²) in [7, 11) is 0. The molecule has 3 aliphatic heterocycles. The molecule has 570 valence electrons. The molecule has 0 spiro atoms. The zero-order chi connectivity index (χ0) is 71.1. The number of aliphatic hydroxyl groups is 11. The molecule has 3 saturated heterocycles. The first-order valence-corrected chi connectivity index (χ1v) is 39.2. The zero-order valence-electron chi connectivity index (χ0n) is 60.8. The van der Waals surface area contributed by atoms with Gasteiger partial charge in [-0.2, -0.15) is 0 Å². The predicted octanol–water partition coefficient (Wildman–Crippen LogP) is 12.4. The van der Waals surface area contributed by atoms with Crippen molar-refractivity contribution in [2.24, 2.45) is 0 Å². The summed E-state index contributed by atoms with van der Waals surface area (Å²) >= 11 is 0. The lowest BCUT2D eigenvalue weighted by Gasteiger charge is -2.48. The predicted molar refractivity (Wildman–Crippen MR) is 388 cm³/mol. The third kappa shape index (κ3) is 39.8. The zero-order valence-corrected chi connectivity index (χ0v) is 60.8. The molecule has 1 amide bonds. The number of aliphatic hydroxyl groups excluding tert-OH is 11. The second kappa shape index (κ2) is 59.6. The Morgan fingerprint density at radius 1 is 0.378 bits per heavy atom. The number of rotatable bonds is 61. The summed E-state index contributed by atoms with van der Waals surface area (Å²) in [5, 5.41) is 121. The molecule has 17 unspecified atom stereocenters. The summed E-state index contributed by atoms with van der Waals surface area (Å²) in [4.78, 5) is 13.5. The van der Waals surface area contributed by atoms with Gasteiger partial charge in [0.15, 0.2) is 18.9 Å². The van der Waals surface area contributed by atoms with Crippen LogP contribution in [0.1, 0.15) is 290 Å². The molecule has 3 heterocycles. The normalized spacial score (nSPS) is 27.1. The Morgan fingerprint density at radius 2 is 0.704 bits per heavy atom. The number of amides is 1. The molecule has 0 radical (unpaired) electrons. The molecule has 0 bridgehead atoms. The highest BCUT2D eigenvalue weighted by molar-refractivity contribution is 5.76. The molecular weight excluding hydrogens is 1250 g/mol. The van der Waals surface area contributed by atoms with Crippen molar-refractivity contribution in [3.8, 4) is 0 Å². The Hall–Kier alpha value is -2.77. The molecule has 3 rings (SSSR count). The van der Waals surface area contributed by atoms with Gasteiger partial charge < -0.3 is 89.9 Å². The van der Waals surface area contributed by atoms with Gasteiger partial charge in [0.1, 0.15) is 73.2 Å². The van der Waals surface area contributed by atoms with Crippen molar-refractivity contribution in [3.05, 3.63) is 72.9 Å². The molecule has 12 N–H and O–H groups in total. The van der Waals surface area contributed by atoms with E-state index in [0.29, 0.717) is 6.42 Å². The molecule has 0 aromatic rings. The van der Waals surface area contributed by atoms with Gasteiger partial charge in [0.25, 0.3) is 0 Å². The van der Waals surface area contributed by atoms with E-state index in [1.165, 1.54) is 180 Å². The summed E-state index contributed by atoms with van der Waals surface area (Å²) < 4.78 is 34.4. The standard InChI is InChI=1S/C79H141NO18/c1-3-5-7-9-11-13-15-17-19-21-23-25-27-29-30-31-32-33-35-37-39-41-43-45-47-49-51-53-55-57-67(85)80-62(63(84)56-54-52-50-48-46-44-42-40-38-36-34-28-26-24-22-20-18-16-14-12-10-8-6-4-2)61-93-77-73(91)70(88)75(65(59-82)95-77)98-79-74(92)71(89)76(66(60-83)96-79)97-78-72(90)69(87)68(86)64(58-81)94-78/h5,7,11,13,17,19,23,25,29-30,54,56,62-66,68-79,81-84,86-92H,3-4,6,8-10,12,14-16,18,20-22,24,26-28,31-53,55,57-61H2,1-2H3,(H,80,85)/b7-5-,13-11-,19-17-,25-23-,30-29-,56-54+. The second-order valence-electron chi connectivity index (χ2n) is 27.8. The first kappa shape index (κ1) is 89.4. The van der Waals surface area contributed by atoms with Crippen LogP contribution in [0.4, 0.5) is 0 Å². The van der Waals surface area contributed by atoms with Crippen LogP contribution in [-0.2, 0) is 33.2 Å². The van der Waals surface area contributed by atoms with Gasteiger partial charge in [-0.25, -0.2) is 0 Å². The van der Waals surface area contributed by atoms with E-state index in [4.69, 9.17) is 28.4 Å². The fraction of sp³-hybridized carbons (Fsp3) is 0.835. The van der Waals surface area contributed by atoms with Crippen LogP contribution < -0.4 is 5.32 Å². The molecule has 0 aromatic carbocycles. The van der Waals surface area contributed by atoms with Crippen molar-refractivity contribution < 1.29 is 89.4 Å². The lowest BCUT2D eigenvalue weighted by atomic mass is 9.96. The Kier molecular flexibility index (Phi) is 54.4. The molecule has 19 heteroatoms. The minimum absolute atomic E-state index is 0.239. The van der Waals surface area contributed by atoms with E-state index in [0.717, 1.165) is 83.5 Å². The molecule has 0 saturated carbocycles. The number of carbonyl (C=O) groups is 1. The molecule has 3 aliphatic rings. The lowest BCUT2D eigenvalue weighted by Crippen LogP contribution is -2.66. The van der Waals surface area contributed by atoms with Crippen LogP contribution in [-0.4, -0.2) is 193 Å². The minimum atomic E-state index is -1.98. The highest BCUT2D eigenvalue weighted by Gasteiger charge is 2.53. The molecular formula is C79H141NO18. The van der Waals surface area contributed by atoms with Crippen molar-refractivity contribution in [2.45, 2.75) is 394 Å². The second-order valence-corrected chi connectivity index (χ2v) is 27.8. The van der Waals surface area contributed by atoms with Crippen LogP contribution in [0.15, 0.2) is 72.9 Å². The van der Waals surface area contributed by atoms with Crippen LogP contribution >= 0.6 is 0 Å². The van der Waals surface area contributed by atoms with Gasteiger partial charge in [-0.15, -0.1) is 0 Å². The van der Waals surface area contributed by atoms with E-state index in [-0.39, 0.29) is 18.9 Å². The molecule has 17 atom stereocenters. The maximum Gasteiger partial charge on any atom is 0.220 e. The molecule has 19 nitrogen and oxygen atoms in total. The first-order valence-electron chi connectivity index (χ1n) is 39.2. The first-order chi connectivity index (χ1) is 47.8. The van der Waals surface area contributed by atoms with Gasteiger partial charge in [-0.3, -0.25) is 4.79 Å². The van der Waals surface area contributed by atoms with E-state index in [1.807, 2.05) is 6.08 Å². The smallest absolute Gasteiger partial charge is 0.220 e. The highest BCUT2D eigenvalue weighted by atomic mass is 16.8. The topological polar surface area (TPSA) is 307 Å². The van der Waals surface area contributed by atoms with E-state index >= 15 is 0 Å². The SMILES string of the molecule is CC/C=C\C/C=C\C/C=C\C/C=C\C/C=C\CCCCCCCCCCCCCCCC(=O)NC(COC1OC(CO)C(OC2OC(CO)C(OC3OC(CO)C(O)C(O)C3O)C(O)C2O)C(O)C1O)C(O)/C=C/CCCCCCCCCCCCCCCCCCCCCCCC. The molecule has 3 fully saturated rings. The van der Waals surface area contributed by atoms with Crippen molar-refractivity contribution in [2.75, 3.05) is 26.4 Å². The summed E-state index contributed by atoms with van der Waals surface area (Å²) in [6.07, 6.45) is 50.1. The van der Waals surface area contributed by atoms with Gasteiger partial charge in [0.2, 0.25) is 5.91 Å². The Labute approximate surface area is 591 Å². The average Bonchev–Trinajstić information content (AvgIpc) is 0.784. The Bertz CT molecular complexity index is 2050. The summed E-state index contributed by atoms with van der Waals surface area (Å²) in [5.41, 5.74) is 0. The van der Waals surface area contributed by atoms with Crippen LogP contribution in [0.2, 0.25) is 0 Å². The van der Waals surface area contributed by atoms with Gasteiger partial charge >= 0.3 is 0 Å². The average molecular weight is 1390 g/mol. The van der Waals surface area contributed by atoms with Crippen molar-refractivity contribution in [1.29, 1.82) is 0 Å². The van der Waals surface area contributed by atoms with Gasteiger partial charge in [-0.05, 0) is 64.2 Å². The van der Waals surface area contributed by atoms with E-state index in [1.54, 1.807) is 6.08 Å². The van der Waals surface area contributed by atoms with Crippen molar-refractivity contribution in [1.82, 2.24) is 5.32 Å². The number of hydrogen-bond donors (Lipinski definition) is 12. The van der Waals surface area contributed by atoms with Crippen LogP contribution in [0.3, 0.4) is 0 Å². The number of nitrogens with one attached hydrogen (secondary N) is 1.